The van der Waals surface area contributed by atoms with E-state index in [4.69, 9.17) is 14.0 Å². The monoisotopic (exact) mass is 365 g/mol. The number of hydrogen-bond donors (Lipinski definition) is 0. The summed E-state index contributed by atoms with van der Waals surface area (Å²) in [5.74, 6) is 1.67. The van der Waals surface area contributed by atoms with Crippen molar-refractivity contribution in [2.45, 2.75) is 6.54 Å². The van der Waals surface area contributed by atoms with Crippen molar-refractivity contribution >= 4 is 0 Å². The van der Waals surface area contributed by atoms with Crippen LogP contribution in [-0.4, -0.2) is 31.9 Å². The molecule has 8 nitrogen and oxygen atoms in total. The van der Waals surface area contributed by atoms with E-state index in [-0.39, 0.29) is 12.6 Å². The normalized spacial score (nSPS) is 12.5. The molecule has 0 fully saturated rings. The van der Waals surface area contributed by atoms with Gasteiger partial charge in [-0.2, -0.15) is 4.98 Å². The number of fused-ring (bicyclic) bond motifs is 1. The number of benzene rings is 2. The lowest BCUT2D eigenvalue weighted by Gasteiger charge is -2.00. The molecule has 9 heteroatoms. The summed E-state index contributed by atoms with van der Waals surface area (Å²) in [6, 6.07) is 11.7. The molecule has 27 heavy (non-hydrogen) atoms. The average Bonchev–Trinajstić information content (AvgIpc) is 3.41. The zero-order chi connectivity index (χ0) is 18.2. The van der Waals surface area contributed by atoms with Crippen molar-refractivity contribution in [2.75, 3.05) is 6.79 Å². The van der Waals surface area contributed by atoms with Crippen LogP contribution in [0.25, 0.3) is 23.0 Å². The maximum Gasteiger partial charge on any atom is 0.258 e. The fourth-order valence-electron chi connectivity index (χ4n) is 2.77. The summed E-state index contributed by atoms with van der Waals surface area (Å²) in [7, 11) is 0. The molecule has 0 N–H and O–H groups in total. The van der Waals surface area contributed by atoms with Crippen LogP contribution in [-0.2, 0) is 6.54 Å². The van der Waals surface area contributed by atoms with Crippen molar-refractivity contribution in [2.24, 2.45) is 0 Å². The Morgan fingerprint density at radius 2 is 2.00 bits per heavy atom. The number of hydrogen-bond acceptors (Lipinski definition) is 7. The first-order valence-corrected chi connectivity index (χ1v) is 8.13. The summed E-state index contributed by atoms with van der Waals surface area (Å²) >= 11 is 0. The molecule has 134 valence electrons. The molecule has 0 atom stereocenters. The summed E-state index contributed by atoms with van der Waals surface area (Å²) in [6.45, 7) is 0.583. The maximum atomic E-state index is 13.3. The second-order valence-electron chi connectivity index (χ2n) is 5.92. The number of nitrogens with zero attached hydrogens (tertiary/aromatic N) is 5. The summed E-state index contributed by atoms with van der Waals surface area (Å²) in [5.41, 5.74) is 1.95. The van der Waals surface area contributed by atoms with Crippen LogP contribution >= 0.6 is 0 Å². The van der Waals surface area contributed by atoms with Gasteiger partial charge in [0.25, 0.3) is 5.89 Å². The lowest BCUT2D eigenvalue weighted by molar-refractivity contribution is 0.174. The highest BCUT2D eigenvalue weighted by molar-refractivity contribution is 5.62. The minimum absolute atomic E-state index is 0.197. The van der Waals surface area contributed by atoms with E-state index in [1.807, 2.05) is 12.1 Å². The van der Waals surface area contributed by atoms with Gasteiger partial charge < -0.3 is 14.0 Å². The molecular weight excluding hydrogens is 353 g/mol. The first kappa shape index (κ1) is 15.5. The third-order valence-corrected chi connectivity index (χ3v) is 4.05. The van der Waals surface area contributed by atoms with Crippen LogP contribution < -0.4 is 9.47 Å². The van der Waals surface area contributed by atoms with Crippen LogP contribution in [0.1, 0.15) is 5.56 Å². The van der Waals surface area contributed by atoms with E-state index in [0.717, 1.165) is 5.56 Å². The summed E-state index contributed by atoms with van der Waals surface area (Å²) < 4.78 is 30.8. The third-order valence-electron chi connectivity index (χ3n) is 4.05. The molecular formula is C18H12FN5O3. The first-order valence-electron chi connectivity index (χ1n) is 8.13. The van der Waals surface area contributed by atoms with Crippen molar-refractivity contribution in [3.05, 3.63) is 60.0 Å². The minimum atomic E-state index is -0.292. The Kier molecular flexibility index (Phi) is 3.56. The van der Waals surface area contributed by atoms with Crippen molar-refractivity contribution < 1.29 is 18.4 Å². The van der Waals surface area contributed by atoms with Crippen LogP contribution in [0.3, 0.4) is 0 Å². The minimum Gasteiger partial charge on any atom is -0.454 e. The fraction of sp³-hybridized carbons (Fsp3) is 0.111. The molecule has 0 radical (unpaired) electrons. The Morgan fingerprint density at radius 1 is 1.07 bits per heavy atom. The molecule has 0 saturated heterocycles. The Morgan fingerprint density at radius 3 is 2.93 bits per heavy atom. The largest absolute Gasteiger partial charge is 0.454 e. The number of halogens is 1. The van der Waals surface area contributed by atoms with Crippen LogP contribution in [0.15, 0.2) is 53.2 Å². The molecule has 3 heterocycles. The van der Waals surface area contributed by atoms with Gasteiger partial charge in [0.2, 0.25) is 12.6 Å². The van der Waals surface area contributed by atoms with E-state index in [9.17, 15) is 4.39 Å². The molecule has 0 bridgehead atoms. The first-order chi connectivity index (χ1) is 13.2. The second-order valence-corrected chi connectivity index (χ2v) is 5.92. The molecule has 2 aromatic carbocycles. The van der Waals surface area contributed by atoms with E-state index in [0.29, 0.717) is 41.0 Å². The topological polar surface area (TPSA) is 88.1 Å². The quantitative estimate of drug-likeness (QED) is 0.549. The SMILES string of the molecule is Fc1cccc(Cn2cc(-c3noc(-c4ccc5c(c4)OCO5)n3)nn2)c1. The lowest BCUT2D eigenvalue weighted by atomic mass is 10.2. The molecule has 0 aliphatic carbocycles. The Balaban J connectivity index is 1.38. The lowest BCUT2D eigenvalue weighted by Crippen LogP contribution is -2.00. The van der Waals surface area contributed by atoms with Crippen molar-refractivity contribution in [1.29, 1.82) is 0 Å². The van der Waals surface area contributed by atoms with Crippen LogP contribution in [0.4, 0.5) is 4.39 Å². The van der Waals surface area contributed by atoms with Gasteiger partial charge in [-0.05, 0) is 35.9 Å². The molecule has 2 aromatic heterocycles. The van der Waals surface area contributed by atoms with Crippen LogP contribution in [0.5, 0.6) is 11.5 Å². The number of aromatic nitrogens is 5. The van der Waals surface area contributed by atoms with Gasteiger partial charge in [-0.25, -0.2) is 9.07 Å². The highest BCUT2D eigenvalue weighted by atomic mass is 19.1. The molecule has 0 unspecified atom stereocenters. The summed E-state index contributed by atoms with van der Waals surface area (Å²) in [5, 5.41) is 12.0. The Bertz CT molecular complexity index is 1120. The standard InChI is InChI=1S/C18H12FN5O3/c19-13-3-1-2-11(6-13)8-24-9-14(21-23-24)17-20-18(27-22-17)12-4-5-15-16(7-12)26-10-25-15/h1-7,9H,8,10H2. The smallest absolute Gasteiger partial charge is 0.258 e. The molecule has 0 amide bonds. The zero-order valence-electron chi connectivity index (χ0n) is 13.9. The molecule has 0 spiro atoms. The number of rotatable bonds is 4. The van der Waals surface area contributed by atoms with Gasteiger partial charge in [-0.3, -0.25) is 0 Å². The van der Waals surface area contributed by atoms with E-state index in [2.05, 4.69) is 20.5 Å². The maximum absolute atomic E-state index is 13.3. The predicted molar refractivity (Wildman–Crippen MR) is 90.4 cm³/mol. The molecule has 0 saturated carbocycles. The summed E-state index contributed by atoms with van der Waals surface area (Å²) in [4.78, 5) is 4.36. The van der Waals surface area contributed by atoms with Gasteiger partial charge in [0, 0.05) is 5.56 Å². The van der Waals surface area contributed by atoms with Crippen molar-refractivity contribution in [3.8, 4) is 34.5 Å². The fourth-order valence-corrected chi connectivity index (χ4v) is 2.77. The molecule has 5 rings (SSSR count). The van der Waals surface area contributed by atoms with Gasteiger partial charge >= 0.3 is 0 Å². The average molecular weight is 365 g/mol. The zero-order valence-corrected chi connectivity index (χ0v) is 13.9. The second kappa shape index (κ2) is 6.20. The van der Waals surface area contributed by atoms with Crippen molar-refractivity contribution in [1.82, 2.24) is 25.1 Å². The van der Waals surface area contributed by atoms with Gasteiger partial charge in [0.1, 0.15) is 5.82 Å². The molecule has 1 aliphatic rings. The van der Waals surface area contributed by atoms with Gasteiger partial charge in [0.15, 0.2) is 17.2 Å². The van der Waals surface area contributed by atoms with Crippen LogP contribution in [0, 0.1) is 5.82 Å². The van der Waals surface area contributed by atoms with Crippen molar-refractivity contribution in [3.63, 3.8) is 0 Å². The van der Waals surface area contributed by atoms with E-state index >= 15 is 0 Å². The molecule has 1 aliphatic heterocycles. The van der Waals surface area contributed by atoms with Gasteiger partial charge in [-0.1, -0.05) is 22.5 Å². The van der Waals surface area contributed by atoms with E-state index in [1.165, 1.54) is 12.1 Å². The highest BCUT2D eigenvalue weighted by Gasteiger charge is 2.18. The number of ether oxygens (including phenoxy) is 2. The van der Waals surface area contributed by atoms with E-state index < -0.39 is 0 Å². The Hall–Kier alpha value is -3.75. The van der Waals surface area contributed by atoms with E-state index in [1.54, 1.807) is 29.1 Å². The Labute approximate surface area is 152 Å². The summed E-state index contributed by atoms with van der Waals surface area (Å²) in [6.07, 6.45) is 1.68. The highest BCUT2D eigenvalue weighted by Crippen LogP contribution is 2.35. The molecule has 4 aromatic rings. The van der Waals surface area contributed by atoms with Gasteiger partial charge in [0.05, 0.1) is 12.7 Å². The van der Waals surface area contributed by atoms with Crippen LogP contribution in [0.2, 0.25) is 0 Å². The van der Waals surface area contributed by atoms with Gasteiger partial charge in [-0.15, -0.1) is 5.10 Å². The predicted octanol–water partition coefficient (Wildman–Crippen LogP) is 2.91. The third kappa shape index (κ3) is 2.99.